The fourth-order valence-corrected chi connectivity index (χ4v) is 0.938. The first kappa shape index (κ1) is 83.4. The molecule has 366 valence electrons. The van der Waals surface area contributed by atoms with Gasteiger partial charge in [-0.2, -0.15) is 0 Å². The Morgan fingerprint density at radius 1 is 0.281 bits per heavy atom. The normalized spacial score (nSPS) is 9.66. The predicted molar refractivity (Wildman–Crippen MR) is 220 cm³/mol. The molecule has 0 fully saturated rings. The molecule has 16 nitrogen and oxygen atoms in total. The van der Waals surface area contributed by atoms with Crippen molar-refractivity contribution in [1.29, 1.82) is 0 Å². The molecule has 0 aromatic carbocycles. The topological polar surface area (TPSA) is 308 Å². The molecule has 0 unspecified atom stereocenters. The summed E-state index contributed by atoms with van der Waals surface area (Å²) in [4.78, 5) is 70.8. The summed E-state index contributed by atoms with van der Waals surface area (Å²) in [7, 11) is 0. The van der Waals surface area contributed by atoms with Crippen molar-refractivity contribution in [3.05, 3.63) is 91.8 Å². The van der Waals surface area contributed by atoms with Crippen LogP contribution >= 0.6 is 0 Å². The molecule has 0 spiro atoms. The van der Waals surface area contributed by atoms with E-state index in [1.807, 2.05) is 54.6 Å². The van der Waals surface area contributed by atoms with Crippen LogP contribution in [0.15, 0.2) is 91.8 Å². The maximum Gasteiger partial charge on any atom is 3.00 e. The SMILES string of the molecule is CC(C)(C)C(=O)[O-].CC(C)(C)C(=O)[O-].CC(C)(C)C(=O)[O-].CC(C)(C)C(=O)[O-].CC(C)(C)C(=O)[O-].CC(C)(C)C(=O)[O-].[Fe+2].[Fe+3].[Fe+3].[O-2].c1ccncc1.c1ccncc1.c1ccncc1. The standard InChI is InChI=1S/3C5H5N.6C5H10O2.3Fe.O/c3*1-2-4-6-5-3-1;6*1-5(2,3)4(6)7;;;;/h3*1-5H;6*1-3H3,(H,6,7);;;;/q;;;;;;;;;+2;2*+3;-2/p-6. The van der Waals surface area contributed by atoms with Crippen molar-refractivity contribution in [3.8, 4) is 0 Å². The second-order valence-corrected chi connectivity index (χ2v) is 18.3. The Hall–Kier alpha value is -4.21. The number of hydrogen-bond donors (Lipinski definition) is 0. The Bertz CT molecular complexity index is 1220. The van der Waals surface area contributed by atoms with Gasteiger partial charge in [0.2, 0.25) is 0 Å². The second-order valence-electron chi connectivity index (χ2n) is 18.3. The van der Waals surface area contributed by atoms with Gasteiger partial charge in [-0.3, -0.25) is 15.0 Å². The molecular formula is C45H69Fe3N3O13. The van der Waals surface area contributed by atoms with Crippen LogP contribution in [0.1, 0.15) is 125 Å². The number of carboxylic acid groups (broad SMARTS) is 6. The predicted octanol–water partition coefficient (Wildman–Crippen LogP) is 1.81. The summed E-state index contributed by atoms with van der Waals surface area (Å²) in [6.45, 7) is 28.8. The molecule has 0 aliphatic carbocycles. The Labute approximate surface area is 413 Å². The number of carbonyl (C=O) groups excluding carboxylic acids is 6. The zero-order valence-corrected chi connectivity index (χ0v) is 43.7. The summed E-state index contributed by atoms with van der Waals surface area (Å²) in [6, 6.07) is 17.1. The van der Waals surface area contributed by atoms with Crippen LogP contribution in [0, 0.1) is 32.5 Å². The molecule has 0 bridgehead atoms. The van der Waals surface area contributed by atoms with Gasteiger partial charge in [0.05, 0.1) is 0 Å². The van der Waals surface area contributed by atoms with Crippen LogP contribution in [0.3, 0.4) is 0 Å². The van der Waals surface area contributed by atoms with Crippen molar-refractivity contribution in [3.63, 3.8) is 0 Å². The quantitative estimate of drug-likeness (QED) is 0.290. The van der Waals surface area contributed by atoms with Crippen LogP contribution in [-0.4, -0.2) is 50.8 Å². The van der Waals surface area contributed by atoms with Crippen molar-refractivity contribution in [1.82, 2.24) is 15.0 Å². The van der Waals surface area contributed by atoms with Gasteiger partial charge in [0.1, 0.15) is 0 Å². The molecule has 0 amide bonds. The molecule has 0 atom stereocenters. The van der Waals surface area contributed by atoms with E-state index in [1.54, 1.807) is 162 Å². The summed E-state index contributed by atoms with van der Waals surface area (Å²) >= 11 is 0. The van der Waals surface area contributed by atoms with Gasteiger partial charge in [0, 0.05) is 105 Å². The third-order valence-electron chi connectivity index (χ3n) is 5.37. The van der Waals surface area contributed by atoms with Crippen molar-refractivity contribution < 1.29 is 116 Å². The van der Waals surface area contributed by atoms with Gasteiger partial charge in [-0.1, -0.05) is 143 Å². The van der Waals surface area contributed by atoms with Crippen molar-refractivity contribution >= 4 is 35.8 Å². The van der Waals surface area contributed by atoms with E-state index in [9.17, 15) is 59.4 Å². The molecular weight excluding hydrogens is 958 g/mol. The summed E-state index contributed by atoms with van der Waals surface area (Å²) in [5.41, 5.74) is -4.17. The van der Waals surface area contributed by atoms with Crippen molar-refractivity contribution in [2.24, 2.45) is 32.5 Å². The molecule has 3 aromatic heterocycles. The zero-order valence-electron chi connectivity index (χ0n) is 40.4. The molecule has 0 saturated carbocycles. The maximum atomic E-state index is 9.91. The van der Waals surface area contributed by atoms with Crippen LogP contribution in [0.2, 0.25) is 0 Å². The summed E-state index contributed by atoms with van der Waals surface area (Å²) in [6.07, 6.45) is 10.5. The summed E-state index contributed by atoms with van der Waals surface area (Å²) < 4.78 is 0. The first-order valence-corrected chi connectivity index (χ1v) is 18.5. The average molecular weight is 1030 g/mol. The molecule has 0 N–H and O–H groups in total. The number of hydrogen-bond acceptors (Lipinski definition) is 15. The fraction of sp³-hybridized carbons (Fsp3) is 0.533. The largest absolute Gasteiger partial charge is 3.00 e. The van der Waals surface area contributed by atoms with Crippen molar-refractivity contribution in [2.75, 3.05) is 0 Å². The summed E-state index contributed by atoms with van der Waals surface area (Å²) in [5, 5.41) is 59.5. The number of carboxylic acids is 6. The van der Waals surface area contributed by atoms with Gasteiger partial charge in [-0.25, -0.2) is 0 Å². The number of aliphatic carboxylic acids is 6. The average Bonchev–Trinajstić information content (AvgIpc) is 3.10. The van der Waals surface area contributed by atoms with E-state index in [2.05, 4.69) is 15.0 Å². The van der Waals surface area contributed by atoms with E-state index in [0.29, 0.717) is 0 Å². The van der Waals surface area contributed by atoms with E-state index in [-0.39, 0.29) is 56.7 Å². The van der Waals surface area contributed by atoms with Crippen LogP contribution in [0.4, 0.5) is 0 Å². The summed E-state index contributed by atoms with van der Waals surface area (Å²) in [5.74, 6) is -6.04. The van der Waals surface area contributed by atoms with Crippen LogP contribution in [0.5, 0.6) is 0 Å². The van der Waals surface area contributed by atoms with E-state index >= 15 is 0 Å². The second kappa shape index (κ2) is 42.7. The van der Waals surface area contributed by atoms with Gasteiger partial charge in [-0.05, 0) is 36.4 Å². The first-order valence-electron chi connectivity index (χ1n) is 18.5. The maximum absolute atomic E-state index is 9.91. The van der Waals surface area contributed by atoms with E-state index in [1.165, 1.54) is 0 Å². The Morgan fingerprint density at radius 2 is 0.359 bits per heavy atom. The van der Waals surface area contributed by atoms with Gasteiger partial charge in [0.15, 0.2) is 0 Å². The van der Waals surface area contributed by atoms with Crippen LogP contribution < -0.4 is 30.6 Å². The van der Waals surface area contributed by atoms with Crippen molar-refractivity contribution in [2.45, 2.75) is 125 Å². The number of aromatic nitrogens is 3. The van der Waals surface area contributed by atoms with Crippen LogP contribution in [0.25, 0.3) is 0 Å². The van der Waals surface area contributed by atoms with Crippen LogP contribution in [-0.2, 0) is 85.4 Å². The molecule has 64 heavy (non-hydrogen) atoms. The van der Waals surface area contributed by atoms with E-state index in [0.717, 1.165) is 0 Å². The minimum absolute atomic E-state index is 0. The van der Waals surface area contributed by atoms with Gasteiger partial charge >= 0.3 is 51.2 Å². The molecule has 0 saturated heterocycles. The molecule has 19 heteroatoms. The monoisotopic (exact) mass is 1030 g/mol. The Kier molecular flexibility index (Phi) is 55.6. The minimum atomic E-state index is -1.01. The molecule has 3 heterocycles. The molecule has 3 rings (SSSR count). The molecule has 0 aliphatic rings. The van der Waals surface area contributed by atoms with E-state index in [4.69, 9.17) is 0 Å². The molecule has 2 radical (unpaired) electrons. The third kappa shape index (κ3) is 75.2. The number of rotatable bonds is 0. The minimum Gasteiger partial charge on any atom is -2.00 e. The number of pyridine rings is 3. The Balaban J connectivity index is -0.0000000636. The Morgan fingerprint density at radius 3 is 0.375 bits per heavy atom. The zero-order chi connectivity index (χ0) is 49.2. The van der Waals surface area contributed by atoms with Gasteiger partial charge in [-0.15, -0.1) is 0 Å². The molecule has 3 aromatic rings. The number of nitrogens with zero attached hydrogens (tertiary/aromatic N) is 3. The van der Waals surface area contributed by atoms with E-state index < -0.39 is 68.3 Å². The van der Waals surface area contributed by atoms with Gasteiger partial charge < -0.3 is 64.9 Å². The first-order chi connectivity index (χ1) is 26.7. The third-order valence-corrected chi connectivity index (χ3v) is 5.37. The van der Waals surface area contributed by atoms with Gasteiger partial charge in [0.25, 0.3) is 0 Å². The smallest absolute Gasteiger partial charge is 2.00 e. The fourth-order valence-electron chi connectivity index (χ4n) is 0.938. The molecule has 0 aliphatic heterocycles. The number of carbonyl (C=O) groups is 6.